The van der Waals surface area contributed by atoms with Crippen molar-refractivity contribution >= 4 is 39.3 Å². The van der Waals surface area contributed by atoms with Gasteiger partial charge in [0.15, 0.2) is 0 Å². The van der Waals surface area contributed by atoms with Gasteiger partial charge in [-0.05, 0) is 25.8 Å². The standard InChI is InChI=1S/C15H18N6O3S/c1-2-24-14(23)10-6-9-11(19-15(16)20-13(9)25-10)17-5-3-4-8-7-18-21-12(8)22/h6-7H,2-5H2,1H3,(H2,18,21,22)(H3,16,17,19,20). The van der Waals surface area contributed by atoms with Gasteiger partial charge in [-0.2, -0.15) is 4.98 Å². The van der Waals surface area contributed by atoms with E-state index in [0.717, 1.165) is 17.4 Å². The molecular weight excluding hydrogens is 344 g/mol. The first-order valence-corrected chi connectivity index (χ1v) is 8.59. The summed E-state index contributed by atoms with van der Waals surface area (Å²) in [6.07, 6.45) is 3.09. The molecule has 3 aromatic heterocycles. The number of H-pyrrole nitrogens is 1. The number of aromatic hydroxyl groups is 1. The largest absolute Gasteiger partial charge is 0.492 e. The van der Waals surface area contributed by atoms with Crippen LogP contribution in [-0.2, 0) is 11.2 Å². The second-order valence-electron chi connectivity index (χ2n) is 5.24. The smallest absolute Gasteiger partial charge is 0.348 e. The summed E-state index contributed by atoms with van der Waals surface area (Å²) < 4.78 is 5.02. The number of nitrogen functional groups attached to an aromatic ring is 1. The van der Waals surface area contributed by atoms with Gasteiger partial charge in [0.1, 0.15) is 15.5 Å². The van der Waals surface area contributed by atoms with E-state index in [1.807, 2.05) is 0 Å². The highest BCUT2D eigenvalue weighted by molar-refractivity contribution is 7.20. The van der Waals surface area contributed by atoms with Crippen LogP contribution in [0.1, 0.15) is 28.6 Å². The van der Waals surface area contributed by atoms with Crippen LogP contribution in [0.5, 0.6) is 5.88 Å². The molecule has 0 bridgehead atoms. The summed E-state index contributed by atoms with van der Waals surface area (Å²) in [4.78, 5) is 21.4. The van der Waals surface area contributed by atoms with Gasteiger partial charge >= 0.3 is 5.97 Å². The molecule has 0 atom stereocenters. The molecule has 0 fully saturated rings. The van der Waals surface area contributed by atoms with Crippen molar-refractivity contribution in [3.63, 3.8) is 0 Å². The predicted octanol–water partition coefficient (Wildman–Crippen LogP) is 1.92. The molecule has 0 amide bonds. The van der Waals surface area contributed by atoms with E-state index in [0.29, 0.717) is 35.1 Å². The Bertz CT molecular complexity index is 891. The van der Waals surface area contributed by atoms with Gasteiger partial charge in [0.05, 0.1) is 12.0 Å². The zero-order valence-electron chi connectivity index (χ0n) is 13.6. The number of hydrogen-bond acceptors (Lipinski definition) is 9. The van der Waals surface area contributed by atoms with E-state index in [1.54, 1.807) is 19.2 Å². The first-order chi connectivity index (χ1) is 12.1. The molecule has 0 saturated heterocycles. The number of carbonyl (C=O) groups excluding carboxylic acids is 1. The molecule has 0 radical (unpaired) electrons. The van der Waals surface area contributed by atoms with Crippen molar-refractivity contribution in [2.24, 2.45) is 0 Å². The fourth-order valence-corrected chi connectivity index (χ4v) is 3.28. The summed E-state index contributed by atoms with van der Waals surface area (Å²) in [6, 6.07) is 1.71. The molecule has 5 N–H and O–H groups in total. The summed E-state index contributed by atoms with van der Waals surface area (Å²) in [5.41, 5.74) is 6.51. The lowest BCUT2D eigenvalue weighted by molar-refractivity contribution is 0.0532. The molecule has 0 aromatic carbocycles. The van der Waals surface area contributed by atoms with E-state index in [9.17, 15) is 9.90 Å². The minimum Gasteiger partial charge on any atom is -0.492 e. The van der Waals surface area contributed by atoms with Gasteiger partial charge in [0.2, 0.25) is 11.8 Å². The Morgan fingerprint density at radius 2 is 2.32 bits per heavy atom. The fraction of sp³-hybridized carbons (Fsp3) is 0.333. The molecule has 0 spiro atoms. The van der Waals surface area contributed by atoms with Crippen molar-refractivity contribution in [3.8, 4) is 5.88 Å². The maximum absolute atomic E-state index is 11.9. The molecule has 3 rings (SSSR count). The van der Waals surface area contributed by atoms with Crippen LogP contribution in [-0.4, -0.2) is 44.4 Å². The average Bonchev–Trinajstić information content (AvgIpc) is 3.18. The highest BCUT2D eigenvalue weighted by atomic mass is 32.1. The highest BCUT2D eigenvalue weighted by Gasteiger charge is 2.16. The number of aromatic nitrogens is 4. The number of hydrogen-bond donors (Lipinski definition) is 4. The Labute approximate surface area is 147 Å². The normalized spacial score (nSPS) is 10.9. The first-order valence-electron chi connectivity index (χ1n) is 7.78. The minimum atomic E-state index is -0.384. The molecule has 3 heterocycles. The van der Waals surface area contributed by atoms with Crippen molar-refractivity contribution in [1.82, 2.24) is 20.2 Å². The van der Waals surface area contributed by atoms with E-state index in [1.165, 1.54) is 11.3 Å². The average molecular weight is 362 g/mol. The number of esters is 1. The molecule has 0 aliphatic rings. The second kappa shape index (κ2) is 7.34. The zero-order chi connectivity index (χ0) is 17.8. The summed E-state index contributed by atoms with van der Waals surface area (Å²) in [5.74, 6) is 0.349. The molecule has 0 aliphatic carbocycles. The predicted molar refractivity (Wildman–Crippen MR) is 94.8 cm³/mol. The van der Waals surface area contributed by atoms with Crippen LogP contribution in [0.2, 0.25) is 0 Å². The van der Waals surface area contributed by atoms with Gasteiger partial charge in [-0.15, -0.1) is 16.4 Å². The number of thiophene rings is 1. The van der Waals surface area contributed by atoms with Crippen LogP contribution in [0.25, 0.3) is 10.2 Å². The van der Waals surface area contributed by atoms with Gasteiger partial charge < -0.3 is 20.9 Å². The van der Waals surface area contributed by atoms with Crippen LogP contribution >= 0.6 is 11.3 Å². The lowest BCUT2D eigenvalue weighted by atomic mass is 10.2. The summed E-state index contributed by atoms with van der Waals surface area (Å²) in [6.45, 7) is 2.68. The number of nitrogens with two attached hydrogens (primary N) is 1. The Morgan fingerprint density at radius 1 is 1.48 bits per heavy atom. The van der Waals surface area contributed by atoms with Gasteiger partial charge in [-0.1, -0.05) is 0 Å². The Balaban J connectivity index is 1.71. The maximum atomic E-state index is 11.9. The van der Waals surface area contributed by atoms with Crippen molar-refractivity contribution in [2.45, 2.75) is 19.8 Å². The number of nitrogens with zero attached hydrogens (tertiary/aromatic N) is 3. The van der Waals surface area contributed by atoms with Crippen molar-refractivity contribution in [2.75, 3.05) is 24.2 Å². The van der Waals surface area contributed by atoms with Crippen LogP contribution in [0.4, 0.5) is 11.8 Å². The second-order valence-corrected chi connectivity index (χ2v) is 6.28. The summed E-state index contributed by atoms with van der Waals surface area (Å²) >= 11 is 1.22. The van der Waals surface area contributed by atoms with Gasteiger partial charge in [-0.25, -0.2) is 9.78 Å². The van der Waals surface area contributed by atoms with E-state index in [2.05, 4.69) is 25.5 Å². The topological polar surface area (TPSA) is 139 Å². The van der Waals surface area contributed by atoms with Gasteiger partial charge in [-0.3, -0.25) is 5.10 Å². The number of nitrogens with one attached hydrogen (secondary N) is 2. The molecule has 132 valence electrons. The lowest BCUT2D eigenvalue weighted by Gasteiger charge is -2.07. The SMILES string of the molecule is CCOC(=O)c1cc2c(NCCCc3c[nH]nc3O)nc(N)nc2s1. The molecule has 0 aliphatic heterocycles. The number of ether oxygens (including phenoxy) is 1. The molecule has 0 unspecified atom stereocenters. The van der Waals surface area contributed by atoms with Crippen LogP contribution in [0.3, 0.4) is 0 Å². The number of aryl methyl sites for hydroxylation is 1. The van der Waals surface area contributed by atoms with Crippen molar-refractivity contribution in [1.29, 1.82) is 0 Å². The number of rotatable bonds is 7. The van der Waals surface area contributed by atoms with E-state index >= 15 is 0 Å². The Morgan fingerprint density at radius 3 is 3.04 bits per heavy atom. The van der Waals surface area contributed by atoms with Crippen LogP contribution in [0, 0.1) is 0 Å². The number of anilines is 2. The highest BCUT2D eigenvalue weighted by Crippen LogP contribution is 2.30. The Kier molecular flexibility index (Phi) is 4.98. The lowest BCUT2D eigenvalue weighted by Crippen LogP contribution is -2.07. The van der Waals surface area contributed by atoms with Crippen LogP contribution < -0.4 is 11.1 Å². The molecule has 9 nitrogen and oxygen atoms in total. The van der Waals surface area contributed by atoms with Crippen molar-refractivity contribution < 1.29 is 14.6 Å². The summed E-state index contributed by atoms with van der Waals surface area (Å²) in [5, 5.41) is 19.7. The quantitative estimate of drug-likeness (QED) is 0.369. The molecule has 25 heavy (non-hydrogen) atoms. The van der Waals surface area contributed by atoms with Crippen LogP contribution in [0.15, 0.2) is 12.3 Å². The summed E-state index contributed by atoms with van der Waals surface area (Å²) in [7, 11) is 0. The van der Waals surface area contributed by atoms with E-state index in [4.69, 9.17) is 10.5 Å². The first kappa shape index (κ1) is 17.0. The molecular formula is C15H18N6O3S. The van der Waals surface area contributed by atoms with Gasteiger partial charge in [0.25, 0.3) is 0 Å². The number of carbonyl (C=O) groups is 1. The zero-order valence-corrected chi connectivity index (χ0v) is 14.4. The molecule has 0 saturated carbocycles. The maximum Gasteiger partial charge on any atom is 0.348 e. The Hall–Kier alpha value is -2.88. The third kappa shape index (κ3) is 3.79. The van der Waals surface area contributed by atoms with E-state index in [-0.39, 0.29) is 17.8 Å². The van der Waals surface area contributed by atoms with E-state index < -0.39 is 0 Å². The van der Waals surface area contributed by atoms with Crippen molar-refractivity contribution in [3.05, 3.63) is 22.7 Å². The number of aromatic amines is 1. The minimum absolute atomic E-state index is 0.0191. The number of fused-ring (bicyclic) bond motifs is 1. The third-order valence-electron chi connectivity index (χ3n) is 3.50. The third-order valence-corrected chi connectivity index (χ3v) is 4.51. The fourth-order valence-electron chi connectivity index (χ4n) is 2.35. The molecule has 10 heteroatoms. The molecule has 3 aromatic rings. The monoisotopic (exact) mass is 362 g/mol. The van der Waals surface area contributed by atoms with Gasteiger partial charge in [0, 0.05) is 18.3 Å².